The van der Waals surface area contributed by atoms with Gasteiger partial charge in [-0.1, -0.05) is 11.6 Å². The summed E-state index contributed by atoms with van der Waals surface area (Å²) in [5.74, 6) is -2.14. The summed E-state index contributed by atoms with van der Waals surface area (Å²) >= 11 is 5.91. The van der Waals surface area contributed by atoms with Gasteiger partial charge in [0.15, 0.2) is 0 Å². The topological polar surface area (TPSA) is 92.9 Å². The highest BCUT2D eigenvalue weighted by Gasteiger charge is 2.36. The van der Waals surface area contributed by atoms with Gasteiger partial charge in [-0.05, 0) is 43.4 Å². The van der Waals surface area contributed by atoms with Crippen LogP contribution in [0.3, 0.4) is 0 Å². The van der Waals surface area contributed by atoms with E-state index in [0.29, 0.717) is 25.7 Å². The van der Waals surface area contributed by atoms with E-state index in [1.807, 2.05) is 0 Å². The highest BCUT2D eigenvalue weighted by Crippen LogP contribution is 2.29. The van der Waals surface area contributed by atoms with Crippen molar-refractivity contribution in [3.63, 3.8) is 0 Å². The summed E-state index contributed by atoms with van der Waals surface area (Å²) in [5.41, 5.74) is 5.76. The van der Waals surface area contributed by atoms with Gasteiger partial charge in [0.05, 0.1) is 48.3 Å². The first-order chi connectivity index (χ1) is 13.7. The number of nitrogen functional groups attached to an aromatic ring is 1. The van der Waals surface area contributed by atoms with Crippen molar-refractivity contribution in [2.45, 2.75) is 56.8 Å². The van der Waals surface area contributed by atoms with Gasteiger partial charge in [-0.3, -0.25) is 9.59 Å². The molecular weight excluding hydrogens is 406 g/mol. The number of carboxylic acid groups (broad SMARTS) is 1. The lowest BCUT2D eigenvalue weighted by molar-refractivity contribution is -0.144. The Morgan fingerprint density at radius 2 is 1.97 bits per heavy atom. The van der Waals surface area contributed by atoms with E-state index in [1.54, 1.807) is 0 Å². The van der Waals surface area contributed by atoms with Crippen molar-refractivity contribution in [3.05, 3.63) is 28.5 Å². The summed E-state index contributed by atoms with van der Waals surface area (Å²) in [7, 11) is 0. The van der Waals surface area contributed by atoms with Crippen LogP contribution >= 0.6 is 11.6 Å². The number of likely N-dealkylation sites (tertiary alicyclic amines) is 1. The maximum atomic E-state index is 14.1. The van der Waals surface area contributed by atoms with Gasteiger partial charge in [0.25, 0.3) is 0 Å². The molecule has 2 fully saturated rings. The minimum Gasteiger partial charge on any atom is -0.481 e. The lowest BCUT2D eigenvalue weighted by atomic mass is 9.87. The van der Waals surface area contributed by atoms with Gasteiger partial charge in [-0.2, -0.15) is 0 Å². The number of anilines is 1. The third-order valence-electron chi connectivity index (χ3n) is 5.74. The Labute approximate surface area is 172 Å². The summed E-state index contributed by atoms with van der Waals surface area (Å²) in [6.45, 7) is 0.127. The van der Waals surface area contributed by atoms with Gasteiger partial charge in [0.1, 0.15) is 12.0 Å². The number of hydrogen-bond acceptors (Lipinski definition) is 4. The largest absolute Gasteiger partial charge is 0.481 e. The van der Waals surface area contributed by atoms with Crippen LogP contribution in [0.15, 0.2) is 12.1 Å². The summed E-state index contributed by atoms with van der Waals surface area (Å²) in [6.07, 6.45) is 1.05. The molecule has 2 aliphatic rings. The zero-order valence-corrected chi connectivity index (χ0v) is 16.7. The number of carbonyl (C=O) groups is 2. The van der Waals surface area contributed by atoms with Crippen molar-refractivity contribution in [2.24, 2.45) is 5.92 Å². The van der Waals surface area contributed by atoms with Crippen LogP contribution in [-0.2, 0) is 20.7 Å². The molecule has 0 spiro atoms. The molecule has 1 saturated heterocycles. The first-order valence-electron chi connectivity index (χ1n) is 9.76. The standard InChI is InChI=1S/C20H25ClF2N2O4/c21-16-5-12(17(23)8-18(16)24)6-19(26)25-9-13(22)7-14(25)10-29-15-3-1-11(2-4-15)20(27)28/h5,8,11,13-15H,1-4,6-7,9-10,24H2,(H,27,28)/t11-,13-,14-,15-/m0/s1. The molecule has 0 aromatic heterocycles. The number of carboxylic acids is 1. The molecule has 1 saturated carbocycles. The van der Waals surface area contributed by atoms with Crippen LogP contribution in [0.5, 0.6) is 0 Å². The van der Waals surface area contributed by atoms with Crippen LogP contribution in [0.1, 0.15) is 37.7 Å². The average molecular weight is 431 g/mol. The first kappa shape index (κ1) is 21.8. The zero-order valence-electron chi connectivity index (χ0n) is 16.0. The molecule has 0 bridgehead atoms. The van der Waals surface area contributed by atoms with Crippen molar-refractivity contribution in [3.8, 4) is 0 Å². The van der Waals surface area contributed by atoms with Crippen LogP contribution in [0.2, 0.25) is 5.02 Å². The number of carbonyl (C=O) groups excluding carboxylic acids is 1. The minimum absolute atomic E-state index is 0.0526. The molecule has 3 N–H and O–H groups in total. The monoisotopic (exact) mass is 430 g/mol. The van der Waals surface area contributed by atoms with Gasteiger partial charge in [0.2, 0.25) is 5.91 Å². The molecular formula is C20H25ClF2N2O4. The van der Waals surface area contributed by atoms with Gasteiger partial charge in [-0.15, -0.1) is 0 Å². The smallest absolute Gasteiger partial charge is 0.306 e. The molecule has 1 amide bonds. The van der Waals surface area contributed by atoms with E-state index in [0.717, 1.165) is 6.07 Å². The molecule has 1 aromatic rings. The molecule has 2 atom stereocenters. The number of amides is 1. The number of nitrogens with zero attached hydrogens (tertiary/aromatic N) is 1. The van der Waals surface area contributed by atoms with Gasteiger partial charge in [-0.25, -0.2) is 8.78 Å². The number of halogens is 3. The second-order valence-electron chi connectivity index (χ2n) is 7.82. The number of alkyl halides is 1. The Hall–Kier alpha value is -1.93. The molecule has 0 unspecified atom stereocenters. The number of nitrogens with two attached hydrogens (primary N) is 1. The normalized spacial score (nSPS) is 27.2. The highest BCUT2D eigenvalue weighted by molar-refractivity contribution is 6.33. The number of aliphatic carboxylic acids is 1. The molecule has 29 heavy (non-hydrogen) atoms. The fraction of sp³-hybridized carbons (Fsp3) is 0.600. The van der Waals surface area contributed by atoms with Crippen molar-refractivity contribution in [1.29, 1.82) is 0 Å². The average Bonchev–Trinajstić information content (AvgIpc) is 3.05. The third kappa shape index (κ3) is 5.36. The van der Waals surface area contributed by atoms with E-state index in [9.17, 15) is 18.4 Å². The molecule has 1 aliphatic carbocycles. The fourth-order valence-corrected chi connectivity index (χ4v) is 4.24. The van der Waals surface area contributed by atoms with E-state index in [4.69, 9.17) is 27.2 Å². The van der Waals surface area contributed by atoms with Crippen LogP contribution in [0.4, 0.5) is 14.5 Å². The Kier molecular flexibility index (Phi) is 6.95. The molecule has 160 valence electrons. The Morgan fingerprint density at radius 1 is 1.28 bits per heavy atom. The second-order valence-corrected chi connectivity index (χ2v) is 8.23. The van der Waals surface area contributed by atoms with Crippen LogP contribution < -0.4 is 5.73 Å². The zero-order chi connectivity index (χ0) is 21.1. The van der Waals surface area contributed by atoms with Gasteiger partial charge >= 0.3 is 5.97 Å². The van der Waals surface area contributed by atoms with Crippen molar-refractivity contribution < 1.29 is 28.2 Å². The Bertz CT molecular complexity index is 771. The Morgan fingerprint density at radius 3 is 2.62 bits per heavy atom. The van der Waals surface area contributed by atoms with Gasteiger partial charge < -0.3 is 20.5 Å². The maximum absolute atomic E-state index is 14.1. The molecule has 6 nitrogen and oxygen atoms in total. The predicted octanol–water partition coefficient (Wildman–Crippen LogP) is 3.20. The lowest BCUT2D eigenvalue weighted by Gasteiger charge is -2.29. The number of benzene rings is 1. The van der Waals surface area contributed by atoms with Crippen LogP contribution in [0.25, 0.3) is 0 Å². The van der Waals surface area contributed by atoms with Gasteiger partial charge in [0, 0.05) is 6.42 Å². The number of hydrogen-bond donors (Lipinski definition) is 2. The lowest BCUT2D eigenvalue weighted by Crippen LogP contribution is -2.40. The molecule has 0 radical (unpaired) electrons. The molecule has 3 rings (SSSR count). The van der Waals surface area contributed by atoms with E-state index in [2.05, 4.69) is 0 Å². The van der Waals surface area contributed by atoms with Crippen molar-refractivity contribution in [1.82, 2.24) is 4.90 Å². The first-order valence-corrected chi connectivity index (χ1v) is 10.1. The molecule has 1 heterocycles. The summed E-state index contributed by atoms with van der Waals surface area (Å²) in [5, 5.41) is 9.22. The van der Waals surface area contributed by atoms with E-state index < -0.39 is 29.9 Å². The van der Waals surface area contributed by atoms with Crippen LogP contribution in [-0.4, -0.2) is 53.4 Å². The number of rotatable bonds is 6. The number of ether oxygens (including phenoxy) is 1. The molecule has 1 aromatic carbocycles. The molecule has 9 heteroatoms. The van der Waals surface area contributed by atoms with Crippen molar-refractivity contribution in [2.75, 3.05) is 18.9 Å². The predicted molar refractivity (Wildman–Crippen MR) is 104 cm³/mol. The Balaban J connectivity index is 1.56. The third-order valence-corrected chi connectivity index (χ3v) is 6.07. The van der Waals surface area contributed by atoms with E-state index in [1.165, 1.54) is 11.0 Å². The van der Waals surface area contributed by atoms with Crippen molar-refractivity contribution >= 4 is 29.2 Å². The van der Waals surface area contributed by atoms with E-state index in [-0.39, 0.29) is 54.3 Å². The fourth-order valence-electron chi connectivity index (χ4n) is 4.05. The minimum atomic E-state index is -1.16. The van der Waals surface area contributed by atoms with Crippen LogP contribution in [0, 0.1) is 11.7 Å². The summed E-state index contributed by atoms with van der Waals surface area (Å²) in [6, 6.07) is 1.96. The van der Waals surface area contributed by atoms with E-state index >= 15 is 0 Å². The summed E-state index contributed by atoms with van der Waals surface area (Å²) < 4.78 is 33.9. The quantitative estimate of drug-likeness (QED) is 0.676. The maximum Gasteiger partial charge on any atom is 0.306 e. The highest BCUT2D eigenvalue weighted by atomic mass is 35.5. The summed E-state index contributed by atoms with van der Waals surface area (Å²) in [4.78, 5) is 25.1. The SMILES string of the molecule is Nc1cc(F)c(CC(=O)N2C[C@@H](F)C[C@H]2CO[C@H]2CC[C@H](C(=O)O)CC2)cc1Cl. The molecule has 1 aliphatic heterocycles. The second kappa shape index (κ2) is 9.26.